The SMILES string of the molecule is CCCCCCCCCCCCCCCCCCN(CCCCCCCCCCCCCCCCCC)CCCC(=O)O. The minimum absolute atomic E-state index is 0.314. The summed E-state index contributed by atoms with van der Waals surface area (Å²) < 4.78 is 0. The molecule has 3 nitrogen and oxygen atoms in total. The van der Waals surface area contributed by atoms with E-state index in [1.54, 1.807) is 0 Å². The number of unbranched alkanes of at least 4 members (excludes halogenated alkanes) is 30. The standard InChI is InChI=1S/C40H81NO2/c1-3-5-7-9-11-13-15-17-19-21-23-25-27-29-31-33-37-41(39-35-36-40(42)43)38-34-32-30-28-26-24-22-20-18-16-14-12-10-8-6-4-2/h3-39H2,1-2H3,(H,42,43). The second kappa shape index (κ2) is 37.6. The van der Waals surface area contributed by atoms with Crippen LogP contribution in [0.5, 0.6) is 0 Å². The van der Waals surface area contributed by atoms with Crippen LogP contribution in [0, 0.1) is 0 Å². The quantitative estimate of drug-likeness (QED) is 0.0710. The Labute approximate surface area is 272 Å². The van der Waals surface area contributed by atoms with Crippen LogP contribution >= 0.6 is 0 Å². The van der Waals surface area contributed by atoms with Crippen LogP contribution in [0.1, 0.15) is 232 Å². The van der Waals surface area contributed by atoms with Crippen molar-refractivity contribution in [1.82, 2.24) is 4.90 Å². The topological polar surface area (TPSA) is 40.5 Å². The van der Waals surface area contributed by atoms with E-state index in [0.717, 1.165) is 26.1 Å². The van der Waals surface area contributed by atoms with Crippen molar-refractivity contribution in [1.29, 1.82) is 0 Å². The van der Waals surface area contributed by atoms with E-state index in [1.807, 2.05) is 0 Å². The maximum Gasteiger partial charge on any atom is 0.303 e. The average molecular weight is 608 g/mol. The van der Waals surface area contributed by atoms with Crippen molar-refractivity contribution >= 4 is 5.97 Å². The lowest BCUT2D eigenvalue weighted by atomic mass is 10.0. The normalized spacial score (nSPS) is 11.6. The lowest BCUT2D eigenvalue weighted by Gasteiger charge is -2.22. The molecule has 0 amide bonds. The van der Waals surface area contributed by atoms with Crippen LogP contribution in [0.2, 0.25) is 0 Å². The Balaban J connectivity index is 3.61. The third kappa shape index (κ3) is 37.5. The molecule has 0 saturated carbocycles. The van der Waals surface area contributed by atoms with Crippen molar-refractivity contribution in [2.75, 3.05) is 19.6 Å². The second-order valence-electron chi connectivity index (χ2n) is 13.9. The van der Waals surface area contributed by atoms with E-state index in [9.17, 15) is 4.79 Å². The molecule has 1 N–H and O–H groups in total. The summed E-state index contributed by atoms with van der Waals surface area (Å²) in [6.45, 7) is 7.88. The molecule has 0 unspecified atom stereocenters. The predicted molar refractivity (Wildman–Crippen MR) is 192 cm³/mol. The van der Waals surface area contributed by atoms with Crippen molar-refractivity contribution in [3.8, 4) is 0 Å². The molecule has 0 saturated heterocycles. The molecule has 0 heterocycles. The van der Waals surface area contributed by atoms with Crippen LogP contribution in [0.4, 0.5) is 0 Å². The van der Waals surface area contributed by atoms with E-state index in [0.29, 0.717) is 6.42 Å². The molecule has 0 aromatic heterocycles. The Hall–Kier alpha value is -0.570. The molecule has 0 radical (unpaired) electrons. The van der Waals surface area contributed by atoms with Gasteiger partial charge in [0, 0.05) is 6.42 Å². The van der Waals surface area contributed by atoms with E-state index in [1.165, 1.54) is 205 Å². The fourth-order valence-electron chi connectivity index (χ4n) is 6.56. The van der Waals surface area contributed by atoms with Crippen molar-refractivity contribution in [3.63, 3.8) is 0 Å². The molecule has 0 aliphatic heterocycles. The van der Waals surface area contributed by atoms with Gasteiger partial charge in [-0.05, 0) is 38.9 Å². The highest BCUT2D eigenvalue weighted by molar-refractivity contribution is 5.66. The van der Waals surface area contributed by atoms with Crippen molar-refractivity contribution in [3.05, 3.63) is 0 Å². The lowest BCUT2D eigenvalue weighted by molar-refractivity contribution is -0.137. The largest absolute Gasteiger partial charge is 0.481 e. The number of carboxylic acids is 1. The number of hydrogen-bond acceptors (Lipinski definition) is 2. The first-order valence-corrected chi connectivity index (χ1v) is 20.1. The minimum atomic E-state index is -0.648. The Morgan fingerprint density at radius 2 is 0.558 bits per heavy atom. The third-order valence-electron chi connectivity index (χ3n) is 9.52. The van der Waals surface area contributed by atoms with Crippen LogP contribution < -0.4 is 0 Å². The fraction of sp³-hybridized carbons (Fsp3) is 0.975. The summed E-state index contributed by atoms with van der Waals surface area (Å²) in [7, 11) is 0. The highest BCUT2D eigenvalue weighted by Gasteiger charge is 2.07. The molecular weight excluding hydrogens is 526 g/mol. The monoisotopic (exact) mass is 608 g/mol. The zero-order valence-electron chi connectivity index (χ0n) is 30.0. The number of hydrogen-bond donors (Lipinski definition) is 1. The highest BCUT2D eigenvalue weighted by Crippen LogP contribution is 2.16. The van der Waals surface area contributed by atoms with E-state index in [-0.39, 0.29) is 0 Å². The molecule has 258 valence electrons. The number of aliphatic carboxylic acids is 1. The molecule has 43 heavy (non-hydrogen) atoms. The van der Waals surface area contributed by atoms with Crippen molar-refractivity contribution < 1.29 is 9.90 Å². The van der Waals surface area contributed by atoms with Crippen LogP contribution in [0.3, 0.4) is 0 Å². The highest BCUT2D eigenvalue weighted by atomic mass is 16.4. The van der Waals surface area contributed by atoms with Crippen molar-refractivity contribution in [2.24, 2.45) is 0 Å². The molecular formula is C40H81NO2. The number of carboxylic acid groups (broad SMARTS) is 1. The maximum absolute atomic E-state index is 11.0. The number of carbonyl (C=O) groups is 1. The zero-order valence-corrected chi connectivity index (χ0v) is 30.0. The summed E-state index contributed by atoms with van der Waals surface area (Å²) in [4.78, 5) is 13.6. The van der Waals surface area contributed by atoms with E-state index in [4.69, 9.17) is 5.11 Å². The Bertz CT molecular complexity index is 487. The number of rotatable bonds is 38. The van der Waals surface area contributed by atoms with Crippen molar-refractivity contribution in [2.45, 2.75) is 232 Å². The average Bonchev–Trinajstić information content (AvgIpc) is 3.00. The predicted octanol–water partition coefficient (Wildman–Crippen LogP) is 13.7. The van der Waals surface area contributed by atoms with Gasteiger partial charge in [0.05, 0.1) is 0 Å². The van der Waals surface area contributed by atoms with Gasteiger partial charge in [-0.25, -0.2) is 0 Å². The van der Waals surface area contributed by atoms with Crippen LogP contribution in [0.15, 0.2) is 0 Å². The summed E-state index contributed by atoms with van der Waals surface area (Å²) in [5, 5.41) is 9.06. The lowest BCUT2D eigenvalue weighted by Crippen LogP contribution is -2.27. The van der Waals surface area contributed by atoms with Crippen LogP contribution in [-0.2, 0) is 4.79 Å². The van der Waals surface area contributed by atoms with Gasteiger partial charge in [-0.2, -0.15) is 0 Å². The maximum atomic E-state index is 11.0. The first-order chi connectivity index (χ1) is 21.2. The fourth-order valence-corrected chi connectivity index (χ4v) is 6.56. The molecule has 0 aliphatic carbocycles. The Kier molecular flexibility index (Phi) is 37.1. The molecule has 0 fully saturated rings. The van der Waals surface area contributed by atoms with Gasteiger partial charge in [0.25, 0.3) is 0 Å². The van der Waals surface area contributed by atoms with Gasteiger partial charge < -0.3 is 10.0 Å². The van der Waals surface area contributed by atoms with Gasteiger partial charge >= 0.3 is 5.97 Å². The van der Waals surface area contributed by atoms with Gasteiger partial charge in [0.15, 0.2) is 0 Å². The molecule has 3 heteroatoms. The second-order valence-corrected chi connectivity index (χ2v) is 13.9. The van der Waals surface area contributed by atoms with Gasteiger partial charge in [-0.1, -0.05) is 206 Å². The van der Waals surface area contributed by atoms with Gasteiger partial charge in [0.1, 0.15) is 0 Å². The molecule has 0 bridgehead atoms. The van der Waals surface area contributed by atoms with Gasteiger partial charge in [-0.3, -0.25) is 4.79 Å². The first-order valence-electron chi connectivity index (χ1n) is 20.1. The number of nitrogens with zero attached hydrogens (tertiary/aromatic N) is 1. The summed E-state index contributed by atoms with van der Waals surface area (Å²) in [5.74, 6) is -0.648. The minimum Gasteiger partial charge on any atom is -0.481 e. The molecule has 0 aromatic carbocycles. The zero-order chi connectivity index (χ0) is 31.3. The first kappa shape index (κ1) is 42.4. The molecule has 0 spiro atoms. The molecule has 0 atom stereocenters. The third-order valence-corrected chi connectivity index (χ3v) is 9.52. The van der Waals surface area contributed by atoms with E-state index in [2.05, 4.69) is 18.7 Å². The van der Waals surface area contributed by atoms with Gasteiger partial charge in [-0.15, -0.1) is 0 Å². The summed E-state index contributed by atoms with van der Waals surface area (Å²) in [6, 6.07) is 0. The summed E-state index contributed by atoms with van der Waals surface area (Å²) >= 11 is 0. The van der Waals surface area contributed by atoms with Crippen LogP contribution in [-0.4, -0.2) is 35.6 Å². The summed E-state index contributed by atoms with van der Waals surface area (Å²) in [6.07, 6.45) is 46.3. The smallest absolute Gasteiger partial charge is 0.303 e. The van der Waals surface area contributed by atoms with E-state index < -0.39 is 5.97 Å². The van der Waals surface area contributed by atoms with Gasteiger partial charge in [0.2, 0.25) is 0 Å². The van der Waals surface area contributed by atoms with Crippen LogP contribution in [0.25, 0.3) is 0 Å². The Morgan fingerprint density at radius 3 is 0.791 bits per heavy atom. The molecule has 0 aliphatic rings. The summed E-state index contributed by atoms with van der Waals surface area (Å²) in [5.41, 5.74) is 0. The molecule has 0 aromatic rings. The molecule has 0 rings (SSSR count). The Morgan fingerprint density at radius 1 is 0.349 bits per heavy atom. The van der Waals surface area contributed by atoms with E-state index >= 15 is 0 Å².